The van der Waals surface area contributed by atoms with Gasteiger partial charge in [-0.15, -0.1) is 11.6 Å². The van der Waals surface area contributed by atoms with Gasteiger partial charge in [-0.2, -0.15) is 0 Å². The van der Waals surface area contributed by atoms with Gasteiger partial charge in [0.15, 0.2) is 0 Å². The highest BCUT2D eigenvalue weighted by molar-refractivity contribution is 6.20. The van der Waals surface area contributed by atoms with Gasteiger partial charge in [0.2, 0.25) is 0 Å². The van der Waals surface area contributed by atoms with Crippen molar-refractivity contribution in [1.82, 2.24) is 5.32 Å². The van der Waals surface area contributed by atoms with Crippen molar-refractivity contribution < 1.29 is 4.74 Å². The van der Waals surface area contributed by atoms with Gasteiger partial charge in [-0.3, -0.25) is 0 Å². The fourth-order valence-corrected chi connectivity index (χ4v) is 1.40. The molecule has 0 radical (unpaired) electrons. The summed E-state index contributed by atoms with van der Waals surface area (Å²) in [6.45, 7) is 6.02. The summed E-state index contributed by atoms with van der Waals surface area (Å²) in [4.78, 5) is 0. The molecule has 0 aromatic rings. The van der Waals surface area contributed by atoms with Gasteiger partial charge >= 0.3 is 0 Å². The fraction of sp³-hybridized carbons (Fsp3) is 1.00. The molecule has 0 saturated heterocycles. The van der Waals surface area contributed by atoms with E-state index in [0.29, 0.717) is 6.04 Å². The molecule has 0 aromatic carbocycles. The lowest BCUT2D eigenvalue weighted by molar-refractivity contribution is 0.193. The summed E-state index contributed by atoms with van der Waals surface area (Å²) in [5.74, 6) is 0. The molecule has 0 fully saturated rings. The largest absolute Gasteiger partial charge is 0.385 e. The van der Waals surface area contributed by atoms with E-state index in [1.54, 1.807) is 7.11 Å². The highest BCUT2D eigenvalue weighted by atomic mass is 35.5. The molecule has 0 saturated carbocycles. The van der Waals surface area contributed by atoms with Gasteiger partial charge in [-0.1, -0.05) is 0 Å². The van der Waals surface area contributed by atoms with Crippen molar-refractivity contribution in [3.8, 4) is 0 Å². The number of ether oxygens (including phenoxy) is 1. The standard InChI is InChI=1S/C9H20ClNO/c1-8(10)7-9(2)11-5-4-6-12-3/h8-9,11H,4-7H2,1-3H3. The first kappa shape index (κ1) is 12.2. The van der Waals surface area contributed by atoms with Crippen molar-refractivity contribution in [3.05, 3.63) is 0 Å². The van der Waals surface area contributed by atoms with E-state index in [1.165, 1.54) is 0 Å². The van der Waals surface area contributed by atoms with Gasteiger partial charge < -0.3 is 10.1 Å². The highest BCUT2D eigenvalue weighted by Gasteiger charge is 2.04. The number of rotatable bonds is 7. The fourth-order valence-electron chi connectivity index (χ4n) is 1.14. The minimum absolute atomic E-state index is 0.259. The maximum atomic E-state index is 5.85. The average Bonchev–Trinajstić information content (AvgIpc) is 1.97. The summed E-state index contributed by atoms with van der Waals surface area (Å²) in [7, 11) is 1.73. The molecular formula is C9H20ClNO. The zero-order valence-corrected chi connectivity index (χ0v) is 9.03. The molecule has 0 amide bonds. The van der Waals surface area contributed by atoms with Gasteiger partial charge in [-0.05, 0) is 33.2 Å². The van der Waals surface area contributed by atoms with E-state index in [0.717, 1.165) is 26.0 Å². The zero-order chi connectivity index (χ0) is 9.40. The van der Waals surface area contributed by atoms with Crippen LogP contribution in [0.15, 0.2) is 0 Å². The van der Waals surface area contributed by atoms with Crippen LogP contribution >= 0.6 is 11.6 Å². The summed E-state index contributed by atoms with van der Waals surface area (Å²) < 4.78 is 4.94. The first-order chi connectivity index (χ1) is 5.66. The van der Waals surface area contributed by atoms with Gasteiger partial charge in [0.1, 0.15) is 0 Å². The van der Waals surface area contributed by atoms with Gasteiger partial charge in [0.25, 0.3) is 0 Å². The number of hydrogen-bond acceptors (Lipinski definition) is 2. The lowest BCUT2D eigenvalue weighted by atomic mass is 10.2. The van der Waals surface area contributed by atoms with E-state index in [4.69, 9.17) is 16.3 Å². The number of methoxy groups -OCH3 is 1. The number of hydrogen-bond donors (Lipinski definition) is 1. The van der Waals surface area contributed by atoms with Gasteiger partial charge in [-0.25, -0.2) is 0 Å². The molecule has 0 aromatic heterocycles. The second-order valence-corrected chi connectivity index (χ2v) is 3.96. The third-order valence-corrected chi connectivity index (χ3v) is 1.87. The van der Waals surface area contributed by atoms with Crippen LogP contribution < -0.4 is 5.32 Å². The minimum atomic E-state index is 0.259. The minimum Gasteiger partial charge on any atom is -0.385 e. The Kier molecular flexibility index (Phi) is 7.98. The summed E-state index contributed by atoms with van der Waals surface area (Å²) in [6, 6.07) is 0.509. The zero-order valence-electron chi connectivity index (χ0n) is 8.27. The van der Waals surface area contributed by atoms with E-state index in [-0.39, 0.29) is 5.38 Å². The van der Waals surface area contributed by atoms with Crippen LogP contribution in [0.1, 0.15) is 26.7 Å². The van der Waals surface area contributed by atoms with E-state index in [2.05, 4.69) is 12.2 Å². The Balaban J connectivity index is 3.14. The highest BCUT2D eigenvalue weighted by Crippen LogP contribution is 2.03. The van der Waals surface area contributed by atoms with Crippen molar-refractivity contribution >= 4 is 11.6 Å². The molecule has 2 unspecified atom stereocenters. The van der Waals surface area contributed by atoms with Crippen molar-refractivity contribution in [2.75, 3.05) is 20.3 Å². The Bertz CT molecular complexity index is 98.5. The molecule has 0 spiro atoms. The summed E-state index contributed by atoms with van der Waals surface area (Å²) in [5.41, 5.74) is 0. The average molecular weight is 194 g/mol. The predicted octanol–water partition coefficient (Wildman–Crippen LogP) is 2.02. The third kappa shape index (κ3) is 8.31. The molecule has 0 rings (SSSR count). The van der Waals surface area contributed by atoms with Crippen molar-refractivity contribution in [2.45, 2.75) is 38.1 Å². The van der Waals surface area contributed by atoms with Crippen LogP contribution in [0.2, 0.25) is 0 Å². The number of alkyl halides is 1. The molecule has 3 heteroatoms. The lowest BCUT2D eigenvalue weighted by Gasteiger charge is -2.14. The van der Waals surface area contributed by atoms with Crippen LogP contribution in [0, 0.1) is 0 Å². The monoisotopic (exact) mass is 193 g/mol. The van der Waals surface area contributed by atoms with E-state index >= 15 is 0 Å². The predicted molar refractivity (Wildman–Crippen MR) is 53.9 cm³/mol. The molecule has 0 heterocycles. The van der Waals surface area contributed by atoms with Gasteiger partial charge in [0.05, 0.1) is 0 Å². The quantitative estimate of drug-likeness (QED) is 0.494. The van der Waals surface area contributed by atoms with E-state index in [1.807, 2.05) is 6.92 Å². The van der Waals surface area contributed by atoms with E-state index < -0.39 is 0 Å². The smallest absolute Gasteiger partial charge is 0.0474 e. The molecular weight excluding hydrogens is 174 g/mol. The summed E-state index contributed by atoms with van der Waals surface area (Å²) in [6.07, 6.45) is 2.09. The second-order valence-electron chi connectivity index (χ2n) is 3.22. The lowest BCUT2D eigenvalue weighted by Crippen LogP contribution is -2.29. The normalized spacial score (nSPS) is 16.0. The Hall–Kier alpha value is 0.210. The molecule has 2 atom stereocenters. The maximum absolute atomic E-state index is 5.85. The molecule has 12 heavy (non-hydrogen) atoms. The Morgan fingerprint density at radius 2 is 2.08 bits per heavy atom. The summed E-state index contributed by atoms with van der Waals surface area (Å²) >= 11 is 5.85. The Morgan fingerprint density at radius 3 is 2.58 bits per heavy atom. The molecule has 74 valence electrons. The molecule has 0 aliphatic rings. The topological polar surface area (TPSA) is 21.3 Å². The second kappa shape index (κ2) is 7.84. The Labute approximate surface area is 80.6 Å². The molecule has 1 N–H and O–H groups in total. The van der Waals surface area contributed by atoms with E-state index in [9.17, 15) is 0 Å². The van der Waals surface area contributed by atoms with Gasteiger partial charge in [0, 0.05) is 25.1 Å². The van der Waals surface area contributed by atoms with Crippen LogP contribution in [-0.2, 0) is 4.74 Å². The van der Waals surface area contributed by atoms with Crippen LogP contribution in [0.25, 0.3) is 0 Å². The first-order valence-corrected chi connectivity index (χ1v) is 4.97. The molecule has 0 aliphatic carbocycles. The maximum Gasteiger partial charge on any atom is 0.0474 e. The first-order valence-electron chi connectivity index (χ1n) is 4.53. The van der Waals surface area contributed by atoms with Crippen LogP contribution in [0.3, 0.4) is 0 Å². The van der Waals surface area contributed by atoms with Crippen molar-refractivity contribution in [2.24, 2.45) is 0 Å². The SMILES string of the molecule is COCCCNC(C)CC(C)Cl. The third-order valence-electron chi connectivity index (χ3n) is 1.70. The summed E-state index contributed by atoms with van der Waals surface area (Å²) in [5, 5.41) is 3.64. The molecule has 2 nitrogen and oxygen atoms in total. The van der Waals surface area contributed by atoms with Crippen LogP contribution in [0.5, 0.6) is 0 Å². The number of nitrogens with one attached hydrogen (secondary N) is 1. The number of halogens is 1. The van der Waals surface area contributed by atoms with Crippen molar-refractivity contribution in [3.63, 3.8) is 0 Å². The Morgan fingerprint density at radius 1 is 1.42 bits per heavy atom. The van der Waals surface area contributed by atoms with Crippen molar-refractivity contribution in [1.29, 1.82) is 0 Å². The van der Waals surface area contributed by atoms with Crippen LogP contribution in [0.4, 0.5) is 0 Å². The van der Waals surface area contributed by atoms with Crippen LogP contribution in [-0.4, -0.2) is 31.7 Å². The molecule has 0 bridgehead atoms. The molecule has 0 aliphatic heterocycles.